The van der Waals surface area contributed by atoms with Crippen LogP contribution < -0.4 is 21.9 Å². The molecule has 1 aliphatic heterocycles. The van der Waals surface area contributed by atoms with Gasteiger partial charge in [0, 0.05) is 18.3 Å². The highest BCUT2D eigenvalue weighted by molar-refractivity contribution is 5.69. The van der Waals surface area contributed by atoms with Crippen molar-refractivity contribution >= 4 is 23.3 Å². The summed E-state index contributed by atoms with van der Waals surface area (Å²) in [6, 6.07) is 10.1. The van der Waals surface area contributed by atoms with E-state index in [-0.39, 0.29) is 5.95 Å². The van der Waals surface area contributed by atoms with E-state index in [9.17, 15) is 0 Å². The number of benzene rings is 1. The molecule has 0 atom stereocenters. The second-order valence-electron chi connectivity index (χ2n) is 4.14. The van der Waals surface area contributed by atoms with Crippen LogP contribution in [0.15, 0.2) is 30.3 Å². The van der Waals surface area contributed by atoms with Gasteiger partial charge in [-0.05, 0) is 18.1 Å². The van der Waals surface area contributed by atoms with Gasteiger partial charge in [0.25, 0.3) is 0 Å². The lowest BCUT2D eigenvalue weighted by molar-refractivity contribution is 0.967. The third-order valence-electron chi connectivity index (χ3n) is 3.04. The van der Waals surface area contributed by atoms with Crippen LogP contribution in [0.4, 0.5) is 23.3 Å². The SMILES string of the molecule is NNc1cc(N2CCc3ccccc32)nc(N)n1. The number of nitrogens with two attached hydrogens (primary N) is 2. The third kappa shape index (κ3) is 1.72. The van der Waals surface area contributed by atoms with Gasteiger partial charge in [-0.2, -0.15) is 9.97 Å². The summed E-state index contributed by atoms with van der Waals surface area (Å²) in [6.45, 7) is 0.889. The molecule has 0 amide bonds. The summed E-state index contributed by atoms with van der Waals surface area (Å²) in [5, 5.41) is 0. The number of nitrogens with one attached hydrogen (secondary N) is 1. The number of fused-ring (bicyclic) bond motifs is 1. The second kappa shape index (κ2) is 4.15. The van der Waals surface area contributed by atoms with Crippen molar-refractivity contribution < 1.29 is 0 Å². The van der Waals surface area contributed by atoms with E-state index in [1.807, 2.05) is 12.1 Å². The highest BCUT2D eigenvalue weighted by Crippen LogP contribution is 2.33. The quantitative estimate of drug-likeness (QED) is 0.538. The summed E-state index contributed by atoms with van der Waals surface area (Å²) in [7, 11) is 0. The number of hydrogen-bond donors (Lipinski definition) is 3. The molecule has 18 heavy (non-hydrogen) atoms. The molecule has 0 unspecified atom stereocenters. The van der Waals surface area contributed by atoms with E-state index in [1.165, 1.54) is 11.3 Å². The van der Waals surface area contributed by atoms with Gasteiger partial charge in [-0.15, -0.1) is 0 Å². The molecular formula is C12H14N6. The summed E-state index contributed by atoms with van der Waals surface area (Å²) < 4.78 is 0. The van der Waals surface area contributed by atoms with Gasteiger partial charge in [-0.25, -0.2) is 5.84 Å². The molecule has 92 valence electrons. The van der Waals surface area contributed by atoms with Gasteiger partial charge >= 0.3 is 0 Å². The molecule has 1 aliphatic rings. The first kappa shape index (κ1) is 10.8. The van der Waals surface area contributed by atoms with Crippen molar-refractivity contribution in [3.63, 3.8) is 0 Å². The van der Waals surface area contributed by atoms with E-state index in [1.54, 1.807) is 6.07 Å². The Morgan fingerprint density at radius 1 is 1.22 bits per heavy atom. The first-order chi connectivity index (χ1) is 8.78. The average molecular weight is 242 g/mol. The number of aromatic nitrogens is 2. The zero-order chi connectivity index (χ0) is 12.5. The Balaban J connectivity index is 2.04. The largest absolute Gasteiger partial charge is 0.368 e. The fraction of sp³-hybridized carbons (Fsp3) is 0.167. The Kier molecular flexibility index (Phi) is 2.49. The van der Waals surface area contributed by atoms with Crippen molar-refractivity contribution in [1.82, 2.24) is 9.97 Å². The number of hydrazine groups is 1. The topological polar surface area (TPSA) is 93.1 Å². The van der Waals surface area contributed by atoms with Crippen LogP contribution in [-0.4, -0.2) is 16.5 Å². The number of rotatable bonds is 2. The predicted octanol–water partition coefficient (Wildman–Crippen LogP) is 1.04. The maximum Gasteiger partial charge on any atom is 0.224 e. The summed E-state index contributed by atoms with van der Waals surface area (Å²) >= 11 is 0. The van der Waals surface area contributed by atoms with Crippen LogP contribution in [0, 0.1) is 0 Å². The molecule has 0 saturated carbocycles. The molecule has 6 heteroatoms. The first-order valence-corrected chi connectivity index (χ1v) is 5.74. The van der Waals surface area contributed by atoms with Crippen LogP contribution in [-0.2, 0) is 6.42 Å². The van der Waals surface area contributed by atoms with Gasteiger partial charge in [0.15, 0.2) is 0 Å². The molecule has 1 aromatic heterocycles. The normalized spacial score (nSPS) is 13.5. The highest BCUT2D eigenvalue weighted by atomic mass is 15.3. The van der Waals surface area contributed by atoms with Crippen LogP contribution >= 0.6 is 0 Å². The van der Waals surface area contributed by atoms with E-state index >= 15 is 0 Å². The van der Waals surface area contributed by atoms with Crippen molar-refractivity contribution in [2.24, 2.45) is 5.84 Å². The number of para-hydroxylation sites is 1. The summed E-state index contributed by atoms with van der Waals surface area (Å²) in [5.41, 5.74) is 10.7. The molecule has 0 radical (unpaired) electrons. The molecule has 0 spiro atoms. The van der Waals surface area contributed by atoms with Gasteiger partial charge < -0.3 is 16.1 Å². The first-order valence-electron chi connectivity index (χ1n) is 5.74. The van der Waals surface area contributed by atoms with Crippen LogP contribution in [0.25, 0.3) is 0 Å². The monoisotopic (exact) mass is 242 g/mol. The Morgan fingerprint density at radius 3 is 2.89 bits per heavy atom. The molecule has 3 rings (SSSR count). The zero-order valence-electron chi connectivity index (χ0n) is 9.80. The Labute approximate surface area is 105 Å². The van der Waals surface area contributed by atoms with Crippen LogP contribution in [0.5, 0.6) is 0 Å². The summed E-state index contributed by atoms with van der Waals surface area (Å²) in [6.07, 6.45) is 1.01. The lowest BCUT2D eigenvalue weighted by Crippen LogP contribution is -2.17. The minimum atomic E-state index is 0.213. The minimum Gasteiger partial charge on any atom is -0.368 e. The van der Waals surface area contributed by atoms with Crippen molar-refractivity contribution in [1.29, 1.82) is 0 Å². The molecule has 0 fully saturated rings. The molecule has 0 aliphatic carbocycles. The predicted molar refractivity (Wildman–Crippen MR) is 71.4 cm³/mol. The number of anilines is 4. The molecule has 2 heterocycles. The fourth-order valence-electron chi connectivity index (χ4n) is 2.24. The maximum atomic E-state index is 5.68. The van der Waals surface area contributed by atoms with Crippen molar-refractivity contribution in [3.8, 4) is 0 Å². The molecule has 1 aromatic carbocycles. The lowest BCUT2D eigenvalue weighted by atomic mass is 10.2. The summed E-state index contributed by atoms with van der Waals surface area (Å²) in [4.78, 5) is 10.4. The molecule has 2 aromatic rings. The number of nitrogens with zero attached hydrogens (tertiary/aromatic N) is 3. The zero-order valence-corrected chi connectivity index (χ0v) is 9.80. The minimum absolute atomic E-state index is 0.213. The molecular weight excluding hydrogens is 228 g/mol. The van der Waals surface area contributed by atoms with Gasteiger partial charge in [0.1, 0.15) is 11.6 Å². The van der Waals surface area contributed by atoms with E-state index in [4.69, 9.17) is 11.6 Å². The lowest BCUT2D eigenvalue weighted by Gasteiger charge is -2.19. The van der Waals surface area contributed by atoms with Gasteiger partial charge in [0.2, 0.25) is 5.95 Å². The average Bonchev–Trinajstić information content (AvgIpc) is 2.81. The van der Waals surface area contributed by atoms with Crippen molar-refractivity contribution in [2.75, 3.05) is 22.6 Å². The summed E-state index contributed by atoms with van der Waals surface area (Å²) in [5.74, 6) is 6.86. The van der Waals surface area contributed by atoms with Gasteiger partial charge in [-0.3, -0.25) is 0 Å². The smallest absolute Gasteiger partial charge is 0.224 e. The second-order valence-corrected chi connectivity index (χ2v) is 4.14. The van der Waals surface area contributed by atoms with Crippen LogP contribution in [0.1, 0.15) is 5.56 Å². The van der Waals surface area contributed by atoms with Gasteiger partial charge in [0.05, 0.1) is 0 Å². The maximum absolute atomic E-state index is 5.68. The highest BCUT2D eigenvalue weighted by Gasteiger charge is 2.21. The van der Waals surface area contributed by atoms with Crippen LogP contribution in [0.3, 0.4) is 0 Å². The fourth-order valence-corrected chi connectivity index (χ4v) is 2.24. The van der Waals surface area contributed by atoms with E-state index in [0.717, 1.165) is 18.8 Å². The van der Waals surface area contributed by atoms with Crippen molar-refractivity contribution in [2.45, 2.75) is 6.42 Å². The van der Waals surface area contributed by atoms with Gasteiger partial charge in [-0.1, -0.05) is 18.2 Å². The van der Waals surface area contributed by atoms with E-state index in [2.05, 4.69) is 32.4 Å². The van der Waals surface area contributed by atoms with Crippen LogP contribution in [0.2, 0.25) is 0 Å². The standard InChI is InChI=1S/C12H14N6/c13-12-15-10(17-14)7-11(16-12)18-6-5-8-3-1-2-4-9(8)18/h1-4,7H,5-6,14H2,(H3,13,15,16,17). The van der Waals surface area contributed by atoms with Crippen molar-refractivity contribution in [3.05, 3.63) is 35.9 Å². The molecule has 6 nitrogen and oxygen atoms in total. The molecule has 5 N–H and O–H groups in total. The Hall–Kier alpha value is -2.34. The molecule has 0 bridgehead atoms. The number of hydrogen-bond acceptors (Lipinski definition) is 6. The third-order valence-corrected chi connectivity index (χ3v) is 3.04. The Bertz CT molecular complexity index is 583. The number of nitrogen functional groups attached to an aromatic ring is 2. The Morgan fingerprint density at radius 2 is 2.06 bits per heavy atom. The molecule has 0 saturated heterocycles. The van der Waals surface area contributed by atoms with E-state index < -0.39 is 0 Å². The van der Waals surface area contributed by atoms with E-state index in [0.29, 0.717) is 5.82 Å².